The van der Waals surface area contributed by atoms with Crippen LogP contribution in [0.4, 0.5) is 5.95 Å². The third kappa shape index (κ3) is 5.69. The first-order valence-corrected chi connectivity index (χ1v) is 7.74. The molecule has 1 N–H and O–H groups in total. The zero-order chi connectivity index (χ0) is 13.4. The van der Waals surface area contributed by atoms with E-state index in [1.54, 1.807) is 0 Å². The van der Waals surface area contributed by atoms with Gasteiger partial charge in [0.05, 0.1) is 0 Å². The van der Waals surface area contributed by atoms with Gasteiger partial charge in [-0.05, 0) is 18.7 Å². The van der Waals surface area contributed by atoms with Crippen molar-refractivity contribution < 1.29 is 0 Å². The Bertz CT molecular complexity index is 326. The summed E-state index contributed by atoms with van der Waals surface area (Å²) in [6.07, 6.45) is 5.93. The normalized spacial score (nSPS) is 10.9. The Morgan fingerprint density at radius 2 is 2.00 bits per heavy atom. The molecule has 0 radical (unpaired) electrons. The number of aromatic nitrogens is 2. The van der Waals surface area contributed by atoms with Crippen molar-refractivity contribution in [2.75, 3.05) is 37.0 Å². The van der Waals surface area contributed by atoms with Gasteiger partial charge in [-0.15, -0.1) is 0 Å². The first-order valence-electron chi connectivity index (χ1n) is 6.35. The number of rotatable bonds is 8. The monoisotopic (exact) mass is 268 g/mol. The molecule has 0 aliphatic heterocycles. The summed E-state index contributed by atoms with van der Waals surface area (Å²) >= 11 is 1.83. The van der Waals surface area contributed by atoms with E-state index in [2.05, 4.69) is 40.3 Å². The Morgan fingerprint density at radius 1 is 1.33 bits per heavy atom. The van der Waals surface area contributed by atoms with Gasteiger partial charge in [0.2, 0.25) is 5.95 Å². The maximum Gasteiger partial charge on any atom is 0.225 e. The lowest BCUT2D eigenvalue weighted by atomic mass is 10.2. The fourth-order valence-corrected chi connectivity index (χ4v) is 1.93. The number of anilines is 1. The topological polar surface area (TPSA) is 41.1 Å². The molecule has 0 aliphatic rings. The van der Waals surface area contributed by atoms with Crippen LogP contribution in [0.15, 0.2) is 12.4 Å². The van der Waals surface area contributed by atoms with Crippen molar-refractivity contribution >= 4 is 17.7 Å². The highest BCUT2D eigenvalue weighted by Crippen LogP contribution is 2.06. The van der Waals surface area contributed by atoms with Gasteiger partial charge in [0.25, 0.3) is 0 Å². The predicted octanol–water partition coefficient (Wildman–Crippen LogP) is 2.02. The summed E-state index contributed by atoms with van der Waals surface area (Å²) in [5.74, 6) is 2.57. The first-order chi connectivity index (χ1) is 8.63. The van der Waals surface area contributed by atoms with E-state index in [0.717, 1.165) is 36.9 Å². The van der Waals surface area contributed by atoms with E-state index in [9.17, 15) is 0 Å². The maximum atomic E-state index is 4.39. The van der Waals surface area contributed by atoms with Gasteiger partial charge in [0.1, 0.15) is 0 Å². The molecule has 0 bridgehead atoms. The highest BCUT2D eigenvalue weighted by atomic mass is 32.2. The summed E-state index contributed by atoms with van der Waals surface area (Å²) in [6, 6.07) is 0. The van der Waals surface area contributed by atoms with Crippen molar-refractivity contribution in [3.63, 3.8) is 0 Å². The van der Waals surface area contributed by atoms with E-state index in [1.165, 1.54) is 0 Å². The number of nitrogens with zero attached hydrogens (tertiary/aromatic N) is 3. The van der Waals surface area contributed by atoms with E-state index >= 15 is 0 Å². The van der Waals surface area contributed by atoms with Crippen molar-refractivity contribution in [3.8, 4) is 0 Å². The number of hydrogen-bond acceptors (Lipinski definition) is 5. The lowest BCUT2D eigenvalue weighted by molar-refractivity contribution is 0.551. The molecule has 1 aromatic rings. The summed E-state index contributed by atoms with van der Waals surface area (Å²) in [5, 5.41) is 3.39. The second kappa shape index (κ2) is 8.32. The fraction of sp³-hybridized carbons (Fsp3) is 0.692. The largest absolute Gasteiger partial charge is 0.343 e. The molecule has 0 aliphatic carbocycles. The molecule has 1 rings (SSSR count). The van der Waals surface area contributed by atoms with Crippen LogP contribution in [0, 0.1) is 5.92 Å². The van der Waals surface area contributed by atoms with Gasteiger partial charge < -0.3 is 10.2 Å². The summed E-state index contributed by atoms with van der Waals surface area (Å²) in [4.78, 5) is 10.9. The molecule has 102 valence electrons. The molecular weight excluding hydrogens is 244 g/mol. The van der Waals surface area contributed by atoms with Crippen LogP contribution in [-0.2, 0) is 6.54 Å². The van der Waals surface area contributed by atoms with Gasteiger partial charge >= 0.3 is 0 Å². The molecule has 18 heavy (non-hydrogen) atoms. The Kier molecular flexibility index (Phi) is 7.05. The average molecular weight is 268 g/mol. The molecule has 0 aromatic carbocycles. The average Bonchev–Trinajstić information content (AvgIpc) is 2.36. The summed E-state index contributed by atoms with van der Waals surface area (Å²) in [5.41, 5.74) is 1.14. The molecule has 0 saturated heterocycles. The van der Waals surface area contributed by atoms with Gasteiger partial charge in [-0.2, -0.15) is 11.8 Å². The molecule has 0 unspecified atom stereocenters. The maximum absolute atomic E-state index is 4.39. The third-order valence-corrected chi connectivity index (χ3v) is 3.14. The van der Waals surface area contributed by atoms with E-state index in [4.69, 9.17) is 0 Å². The lowest BCUT2D eigenvalue weighted by Crippen LogP contribution is -2.23. The van der Waals surface area contributed by atoms with E-state index in [-0.39, 0.29) is 0 Å². The van der Waals surface area contributed by atoms with Crippen LogP contribution in [0.1, 0.15) is 19.4 Å². The summed E-state index contributed by atoms with van der Waals surface area (Å²) in [6.45, 7) is 7.25. The van der Waals surface area contributed by atoms with E-state index in [1.807, 2.05) is 31.2 Å². The minimum Gasteiger partial charge on any atom is -0.343 e. The van der Waals surface area contributed by atoms with Crippen molar-refractivity contribution in [1.82, 2.24) is 15.3 Å². The van der Waals surface area contributed by atoms with Gasteiger partial charge in [0, 0.05) is 43.8 Å². The molecule has 0 amide bonds. The molecule has 0 fully saturated rings. The second-order valence-corrected chi connectivity index (χ2v) is 5.82. The van der Waals surface area contributed by atoms with Gasteiger partial charge in [0.15, 0.2) is 0 Å². The van der Waals surface area contributed by atoms with E-state index < -0.39 is 0 Å². The van der Waals surface area contributed by atoms with Crippen LogP contribution in [-0.4, -0.2) is 42.1 Å². The smallest absolute Gasteiger partial charge is 0.225 e. The molecule has 0 saturated carbocycles. The Balaban J connectivity index is 2.41. The lowest BCUT2D eigenvalue weighted by Gasteiger charge is -2.16. The number of thioether (sulfide) groups is 1. The Labute approximate surface area is 115 Å². The Morgan fingerprint density at radius 3 is 2.56 bits per heavy atom. The first kappa shape index (κ1) is 15.2. The van der Waals surface area contributed by atoms with Gasteiger partial charge in [-0.25, -0.2) is 9.97 Å². The predicted molar refractivity (Wildman–Crippen MR) is 80.2 cm³/mol. The minimum absolute atomic E-state index is 0.669. The quantitative estimate of drug-likeness (QED) is 0.781. The van der Waals surface area contributed by atoms with Crippen LogP contribution in [0.3, 0.4) is 0 Å². The highest BCUT2D eigenvalue weighted by molar-refractivity contribution is 7.98. The van der Waals surface area contributed by atoms with Gasteiger partial charge in [-0.3, -0.25) is 0 Å². The van der Waals surface area contributed by atoms with E-state index in [0.29, 0.717) is 5.92 Å². The standard InChI is InChI=1S/C13H24N4S/c1-11(2)7-14-8-12-9-15-13(16-10-12)17(3)5-6-18-4/h9-11,14H,5-8H2,1-4H3. The van der Waals surface area contributed by atoms with Crippen LogP contribution < -0.4 is 10.2 Å². The molecule has 0 atom stereocenters. The molecular formula is C13H24N4S. The van der Waals surface area contributed by atoms with Gasteiger partial charge in [-0.1, -0.05) is 13.8 Å². The molecule has 0 spiro atoms. The van der Waals surface area contributed by atoms with Crippen LogP contribution >= 0.6 is 11.8 Å². The second-order valence-electron chi connectivity index (χ2n) is 4.83. The summed E-state index contributed by atoms with van der Waals surface area (Å²) < 4.78 is 0. The zero-order valence-corrected chi connectivity index (χ0v) is 12.6. The van der Waals surface area contributed by atoms with Crippen molar-refractivity contribution in [3.05, 3.63) is 18.0 Å². The zero-order valence-electron chi connectivity index (χ0n) is 11.8. The van der Waals surface area contributed by atoms with Crippen molar-refractivity contribution in [2.45, 2.75) is 20.4 Å². The number of hydrogen-bond donors (Lipinski definition) is 1. The fourth-order valence-electron chi connectivity index (χ4n) is 1.47. The van der Waals surface area contributed by atoms with Crippen LogP contribution in [0.5, 0.6) is 0 Å². The molecule has 1 heterocycles. The Hall–Kier alpha value is -0.810. The summed E-state index contributed by atoms with van der Waals surface area (Å²) in [7, 11) is 2.03. The highest BCUT2D eigenvalue weighted by Gasteiger charge is 2.03. The molecule has 5 heteroatoms. The number of nitrogens with one attached hydrogen (secondary N) is 1. The van der Waals surface area contributed by atoms with Crippen LogP contribution in [0.2, 0.25) is 0 Å². The van der Waals surface area contributed by atoms with Crippen molar-refractivity contribution in [2.24, 2.45) is 5.92 Å². The van der Waals surface area contributed by atoms with Crippen molar-refractivity contribution in [1.29, 1.82) is 0 Å². The SMILES string of the molecule is CSCCN(C)c1ncc(CNCC(C)C)cn1. The minimum atomic E-state index is 0.669. The van der Waals surface area contributed by atoms with Crippen LogP contribution in [0.25, 0.3) is 0 Å². The third-order valence-electron chi connectivity index (χ3n) is 2.55. The molecule has 4 nitrogen and oxygen atoms in total. The molecule has 1 aromatic heterocycles.